The third-order valence-electron chi connectivity index (χ3n) is 5.09. The van der Waals surface area contributed by atoms with E-state index in [0.29, 0.717) is 16.0 Å². The molecule has 19 heavy (non-hydrogen) atoms. The first kappa shape index (κ1) is 16.9. The molecular formula is C17H35NSi. The van der Waals surface area contributed by atoms with Crippen molar-refractivity contribution in [2.45, 2.75) is 97.3 Å². The molecule has 1 fully saturated rings. The van der Waals surface area contributed by atoms with E-state index in [0.717, 1.165) is 5.54 Å². The fraction of sp³-hybridized carbons (Fsp3) is 0.941. The first-order valence-corrected chi connectivity index (χ1v) is 9.84. The Labute approximate surface area is 122 Å². The van der Waals surface area contributed by atoms with Crippen molar-refractivity contribution in [1.29, 1.82) is 0 Å². The number of hydrogen-bond donors (Lipinski definition) is 0. The SMILES string of the molecule is C[C@H]1C(=NC(C)(C)C)[Si](C(C)(C)C)(C(C)(C)C)[C@H]1C. The van der Waals surface area contributed by atoms with Gasteiger partial charge in [0.05, 0.1) is 5.54 Å². The molecule has 0 spiro atoms. The summed E-state index contributed by atoms with van der Waals surface area (Å²) >= 11 is 0. The highest BCUT2D eigenvalue weighted by molar-refractivity contribution is 7.15. The van der Waals surface area contributed by atoms with Crippen molar-refractivity contribution in [1.82, 2.24) is 0 Å². The van der Waals surface area contributed by atoms with E-state index >= 15 is 0 Å². The van der Waals surface area contributed by atoms with Crippen LogP contribution in [0.3, 0.4) is 0 Å². The highest BCUT2D eigenvalue weighted by atomic mass is 28.3. The van der Waals surface area contributed by atoms with Gasteiger partial charge in [-0.3, -0.25) is 4.99 Å². The van der Waals surface area contributed by atoms with Gasteiger partial charge in [-0.25, -0.2) is 0 Å². The Morgan fingerprint density at radius 3 is 1.42 bits per heavy atom. The summed E-state index contributed by atoms with van der Waals surface area (Å²) in [7, 11) is -1.60. The van der Waals surface area contributed by atoms with Gasteiger partial charge in [0.25, 0.3) is 0 Å². The molecule has 0 radical (unpaired) electrons. The lowest BCUT2D eigenvalue weighted by Crippen LogP contribution is -2.72. The number of hydrogen-bond acceptors (Lipinski definition) is 1. The minimum atomic E-state index is -1.60. The molecule has 1 saturated heterocycles. The molecule has 2 atom stereocenters. The van der Waals surface area contributed by atoms with Crippen LogP contribution in [-0.2, 0) is 0 Å². The van der Waals surface area contributed by atoms with E-state index in [9.17, 15) is 0 Å². The summed E-state index contributed by atoms with van der Waals surface area (Å²) in [5, 5.41) is 2.34. The van der Waals surface area contributed by atoms with Gasteiger partial charge in [-0.05, 0) is 42.3 Å². The van der Waals surface area contributed by atoms with Crippen molar-refractivity contribution in [2.75, 3.05) is 0 Å². The van der Waals surface area contributed by atoms with Gasteiger partial charge in [-0.15, -0.1) is 0 Å². The van der Waals surface area contributed by atoms with E-state index in [4.69, 9.17) is 4.99 Å². The van der Waals surface area contributed by atoms with E-state index in [1.54, 1.807) is 5.33 Å². The summed E-state index contributed by atoms with van der Waals surface area (Å²) in [5.41, 5.74) is 0.881. The fourth-order valence-corrected chi connectivity index (χ4v) is 14.0. The summed E-state index contributed by atoms with van der Waals surface area (Å²) in [5.74, 6) is 0.671. The van der Waals surface area contributed by atoms with Gasteiger partial charge >= 0.3 is 0 Å². The lowest BCUT2D eigenvalue weighted by Gasteiger charge is -2.66. The standard InChI is InChI=1S/C17H35NSi/c1-12-13(2)19(16(6,7)8,17(9,10)11)14(12)18-15(3,4)5/h12-13H,1-11H3/t12-,13+/m1/s1. The minimum Gasteiger partial charge on any atom is -0.293 e. The van der Waals surface area contributed by atoms with Crippen LogP contribution >= 0.6 is 0 Å². The molecule has 2 heteroatoms. The molecule has 0 N–H and O–H groups in total. The van der Waals surface area contributed by atoms with Gasteiger partial charge in [0.15, 0.2) is 0 Å². The van der Waals surface area contributed by atoms with Gasteiger partial charge in [0.2, 0.25) is 0 Å². The number of nitrogens with zero attached hydrogens (tertiary/aromatic N) is 1. The summed E-state index contributed by atoms with van der Waals surface area (Å²) < 4.78 is 0. The predicted molar refractivity (Wildman–Crippen MR) is 91.0 cm³/mol. The van der Waals surface area contributed by atoms with Crippen molar-refractivity contribution in [3.05, 3.63) is 0 Å². The Morgan fingerprint density at radius 1 is 0.789 bits per heavy atom. The molecule has 1 nitrogen and oxygen atoms in total. The molecular weight excluding hydrogens is 246 g/mol. The zero-order valence-corrected chi connectivity index (χ0v) is 16.1. The number of aliphatic imine (C=N–C) groups is 1. The smallest absolute Gasteiger partial charge is 0.119 e. The maximum atomic E-state index is 5.21. The quantitative estimate of drug-likeness (QED) is 0.494. The molecule has 0 saturated carbocycles. The molecule has 0 aromatic rings. The Hall–Kier alpha value is -0.113. The Balaban J connectivity index is 3.51. The molecule has 1 aliphatic rings. The topological polar surface area (TPSA) is 12.4 Å². The highest BCUT2D eigenvalue weighted by Crippen LogP contribution is 2.66. The van der Waals surface area contributed by atoms with Crippen LogP contribution in [0.25, 0.3) is 0 Å². The van der Waals surface area contributed by atoms with Crippen molar-refractivity contribution >= 4 is 13.4 Å². The van der Waals surface area contributed by atoms with Crippen molar-refractivity contribution in [2.24, 2.45) is 10.9 Å². The normalized spacial score (nSPS) is 30.4. The van der Waals surface area contributed by atoms with Gasteiger partial charge in [0.1, 0.15) is 8.07 Å². The van der Waals surface area contributed by atoms with Gasteiger partial charge in [0, 0.05) is 5.33 Å². The largest absolute Gasteiger partial charge is 0.293 e. The van der Waals surface area contributed by atoms with Crippen LogP contribution < -0.4 is 0 Å². The molecule has 1 aliphatic heterocycles. The summed E-state index contributed by atoms with van der Waals surface area (Å²) in [6, 6.07) is 0. The average molecular weight is 282 g/mol. The lowest BCUT2D eigenvalue weighted by molar-refractivity contribution is 0.512. The third-order valence-corrected chi connectivity index (χ3v) is 13.1. The Morgan fingerprint density at radius 2 is 1.16 bits per heavy atom. The third kappa shape index (κ3) is 2.45. The van der Waals surface area contributed by atoms with E-state index in [1.807, 2.05) is 0 Å². The zero-order valence-electron chi connectivity index (χ0n) is 15.1. The van der Waals surface area contributed by atoms with E-state index in [1.165, 1.54) is 0 Å². The first-order valence-electron chi connectivity index (χ1n) is 7.76. The van der Waals surface area contributed by atoms with E-state index in [-0.39, 0.29) is 5.54 Å². The Kier molecular flexibility index (Phi) is 3.96. The van der Waals surface area contributed by atoms with Crippen molar-refractivity contribution in [3.63, 3.8) is 0 Å². The predicted octanol–water partition coefficient (Wildman–Crippen LogP) is 5.85. The van der Waals surface area contributed by atoms with Crippen LogP contribution in [-0.4, -0.2) is 18.9 Å². The molecule has 1 heterocycles. The first-order chi connectivity index (χ1) is 8.16. The number of rotatable bonds is 0. The maximum absolute atomic E-state index is 5.21. The zero-order chi connectivity index (χ0) is 15.4. The minimum absolute atomic E-state index is 0.0541. The van der Waals surface area contributed by atoms with Crippen LogP contribution in [0.4, 0.5) is 0 Å². The highest BCUT2D eigenvalue weighted by Gasteiger charge is 2.68. The molecule has 0 aliphatic carbocycles. The average Bonchev–Trinajstić information content (AvgIpc) is 2.10. The van der Waals surface area contributed by atoms with Crippen LogP contribution in [0.15, 0.2) is 4.99 Å². The Bertz CT molecular complexity index is 360. The van der Waals surface area contributed by atoms with E-state index < -0.39 is 8.07 Å². The summed E-state index contributed by atoms with van der Waals surface area (Å²) in [4.78, 5) is 5.21. The van der Waals surface area contributed by atoms with Gasteiger partial charge < -0.3 is 0 Å². The van der Waals surface area contributed by atoms with E-state index in [2.05, 4.69) is 76.2 Å². The van der Waals surface area contributed by atoms with Crippen molar-refractivity contribution < 1.29 is 0 Å². The van der Waals surface area contributed by atoms with Crippen LogP contribution in [0, 0.1) is 5.92 Å². The second-order valence-electron chi connectivity index (χ2n) is 9.55. The van der Waals surface area contributed by atoms with Crippen molar-refractivity contribution in [3.8, 4) is 0 Å². The van der Waals surface area contributed by atoms with Gasteiger partial charge in [-0.2, -0.15) is 0 Å². The monoisotopic (exact) mass is 281 g/mol. The van der Waals surface area contributed by atoms with Crippen LogP contribution in [0.1, 0.15) is 76.2 Å². The molecule has 1 rings (SSSR count). The molecule has 0 unspecified atom stereocenters. The molecule has 0 amide bonds. The second-order valence-corrected chi connectivity index (χ2v) is 15.6. The van der Waals surface area contributed by atoms with Crippen LogP contribution in [0.5, 0.6) is 0 Å². The molecule has 0 aromatic heterocycles. The maximum Gasteiger partial charge on any atom is 0.119 e. The molecule has 0 aromatic carbocycles. The van der Waals surface area contributed by atoms with Crippen LogP contribution in [0.2, 0.25) is 15.6 Å². The second kappa shape index (κ2) is 4.44. The summed E-state index contributed by atoms with van der Waals surface area (Å²) in [6.45, 7) is 26.3. The summed E-state index contributed by atoms with van der Waals surface area (Å²) in [6.07, 6.45) is 0. The molecule has 0 bridgehead atoms. The lowest BCUT2D eigenvalue weighted by atomic mass is 10.1. The molecule has 112 valence electrons. The van der Waals surface area contributed by atoms with Gasteiger partial charge in [-0.1, -0.05) is 55.4 Å². The fourth-order valence-electron chi connectivity index (χ4n) is 4.92.